The van der Waals surface area contributed by atoms with Crippen molar-refractivity contribution in [2.24, 2.45) is 11.3 Å². The molecule has 0 aromatic rings. The molecule has 5 nitrogen and oxygen atoms in total. The van der Waals surface area contributed by atoms with Gasteiger partial charge in [0, 0.05) is 12.6 Å². The van der Waals surface area contributed by atoms with Crippen LogP contribution in [0.2, 0.25) is 0 Å². The van der Waals surface area contributed by atoms with Gasteiger partial charge in [-0.15, -0.1) is 0 Å². The third kappa shape index (κ3) is 6.14. The van der Waals surface area contributed by atoms with Crippen molar-refractivity contribution >= 4 is 12.0 Å². The van der Waals surface area contributed by atoms with Crippen LogP contribution in [-0.4, -0.2) is 29.7 Å². The third-order valence-corrected chi connectivity index (χ3v) is 2.63. The molecule has 0 heterocycles. The molecule has 0 aromatic heterocycles. The molecule has 5 heteroatoms. The molecule has 0 radical (unpaired) electrons. The minimum atomic E-state index is -0.855. The molecule has 0 spiro atoms. The van der Waals surface area contributed by atoms with Crippen LogP contribution in [-0.2, 0) is 4.79 Å². The lowest BCUT2D eigenvalue weighted by molar-refractivity contribution is -0.142. The molecule has 98 valence electrons. The Morgan fingerprint density at radius 3 is 2.35 bits per heavy atom. The molecule has 1 atom stereocenters. The van der Waals surface area contributed by atoms with E-state index in [1.54, 1.807) is 0 Å². The van der Waals surface area contributed by atoms with Crippen LogP contribution in [0.15, 0.2) is 0 Å². The number of hydrogen-bond donors (Lipinski definition) is 3. The molecular formula is C12H22N2O3. The standard InChI is InChI=1S/C12H22N2O3/c1-12(2,3)6-8(10(15)16)7-13-11(17)14-9-4-5-9/h8-9H,4-7H2,1-3H3,(H,15,16)(H2,13,14,17). The SMILES string of the molecule is CC(C)(C)CC(CNC(=O)NC1CC1)C(=O)O. The van der Waals surface area contributed by atoms with Crippen molar-refractivity contribution in [3.05, 3.63) is 0 Å². The van der Waals surface area contributed by atoms with Gasteiger partial charge >= 0.3 is 12.0 Å². The number of carbonyl (C=O) groups excluding carboxylic acids is 1. The lowest BCUT2D eigenvalue weighted by Gasteiger charge is -2.23. The Kier molecular flexibility index (Phi) is 4.37. The first-order valence-electron chi connectivity index (χ1n) is 6.05. The second-order valence-corrected chi connectivity index (χ2v) is 5.93. The summed E-state index contributed by atoms with van der Waals surface area (Å²) >= 11 is 0. The summed E-state index contributed by atoms with van der Waals surface area (Å²) in [5.74, 6) is -1.38. The second kappa shape index (κ2) is 5.38. The summed E-state index contributed by atoms with van der Waals surface area (Å²) in [6.07, 6.45) is 2.60. The van der Waals surface area contributed by atoms with Crippen LogP contribution >= 0.6 is 0 Å². The van der Waals surface area contributed by atoms with Crippen molar-refractivity contribution in [2.45, 2.75) is 46.1 Å². The van der Waals surface area contributed by atoms with E-state index in [4.69, 9.17) is 5.11 Å². The zero-order valence-electron chi connectivity index (χ0n) is 10.7. The molecule has 1 aliphatic carbocycles. The second-order valence-electron chi connectivity index (χ2n) is 5.93. The van der Waals surface area contributed by atoms with E-state index < -0.39 is 11.9 Å². The van der Waals surface area contributed by atoms with Crippen molar-refractivity contribution in [2.75, 3.05) is 6.54 Å². The normalized spacial score (nSPS) is 17.4. The summed E-state index contributed by atoms with van der Waals surface area (Å²) in [6, 6.07) is 0.0357. The molecule has 0 aliphatic heterocycles. The fourth-order valence-corrected chi connectivity index (χ4v) is 1.67. The predicted octanol–water partition coefficient (Wildman–Crippen LogP) is 1.58. The maximum absolute atomic E-state index is 11.4. The average molecular weight is 242 g/mol. The Morgan fingerprint density at radius 2 is 1.94 bits per heavy atom. The summed E-state index contributed by atoms with van der Waals surface area (Å²) in [6.45, 7) is 6.17. The van der Waals surface area contributed by atoms with Gasteiger partial charge in [0.25, 0.3) is 0 Å². The van der Waals surface area contributed by atoms with Crippen LogP contribution in [0.4, 0.5) is 4.79 Å². The molecule has 0 aromatic carbocycles. The molecule has 1 unspecified atom stereocenters. The van der Waals surface area contributed by atoms with Crippen LogP contribution < -0.4 is 10.6 Å². The maximum Gasteiger partial charge on any atom is 0.315 e. The number of hydrogen-bond acceptors (Lipinski definition) is 2. The van der Waals surface area contributed by atoms with Gasteiger partial charge in [0.05, 0.1) is 5.92 Å². The van der Waals surface area contributed by atoms with Crippen molar-refractivity contribution in [1.82, 2.24) is 10.6 Å². The van der Waals surface area contributed by atoms with Crippen molar-refractivity contribution in [3.8, 4) is 0 Å². The summed E-state index contributed by atoms with van der Waals surface area (Å²) in [5, 5.41) is 14.5. The molecule has 1 aliphatic rings. The Bertz CT molecular complexity index is 293. The highest BCUT2D eigenvalue weighted by Crippen LogP contribution is 2.24. The Morgan fingerprint density at radius 1 is 1.35 bits per heavy atom. The number of rotatable bonds is 5. The van der Waals surface area contributed by atoms with Crippen LogP contribution in [0.3, 0.4) is 0 Å². The molecule has 1 saturated carbocycles. The minimum Gasteiger partial charge on any atom is -0.481 e. The van der Waals surface area contributed by atoms with Gasteiger partial charge in [-0.2, -0.15) is 0 Å². The summed E-state index contributed by atoms with van der Waals surface area (Å²) in [7, 11) is 0. The molecular weight excluding hydrogens is 220 g/mol. The third-order valence-electron chi connectivity index (χ3n) is 2.63. The summed E-state index contributed by atoms with van der Waals surface area (Å²) in [5.41, 5.74) is -0.0578. The van der Waals surface area contributed by atoms with Crippen molar-refractivity contribution in [3.63, 3.8) is 0 Å². The molecule has 1 fully saturated rings. The highest BCUT2D eigenvalue weighted by Gasteiger charge is 2.26. The van der Waals surface area contributed by atoms with Crippen LogP contribution in [0.1, 0.15) is 40.0 Å². The van der Waals surface area contributed by atoms with Crippen LogP contribution in [0.25, 0.3) is 0 Å². The van der Waals surface area contributed by atoms with Gasteiger partial charge in [0.2, 0.25) is 0 Å². The molecule has 0 saturated heterocycles. The van der Waals surface area contributed by atoms with E-state index in [1.165, 1.54) is 0 Å². The van der Waals surface area contributed by atoms with E-state index in [2.05, 4.69) is 10.6 Å². The Hall–Kier alpha value is -1.26. The number of nitrogens with one attached hydrogen (secondary N) is 2. The molecule has 1 rings (SSSR count). The van der Waals surface area contributed by atoms with Crippen molar-refractivity contribution in [1.29, 1.82) is 0 Å². The first-order chi connectivity index (χ1) is 7.78. The number of aliphatic carboxylic acids is 1. The number of carboxylic acid groups (broad SMARTS) is 1. The van der Waals surface area contributed by atoms with Crippen LogP contribution in [0, 0.1) is 11.3 Å². The van der Waals surface area contributed by atoms with Gasteiger partial charge < -0.3 is 15.7 Å². The van der Waals surface area contributed by atoms with E-state index in [0.717, 1.165) is 12.8 Å². The number of urea groups is 1. The van der Waals surface area contributed by atoms with Gasteiger partial charge in [-0.25, -0.2) is 4.79 Å². The lowest BCUT2D eigenvalue weighted by atomic mass is 9.84. The van der Waals surface area contributed by atoms with E-state index in [0.29, 0.717) is 12.5 Å². The van der Waals surface area contributed by atoms with Crippen molar-refractivity contribution < 1.29 is 14.7 Å². The fraction of sp³-hybridized carbons (Fsp3) is 0.833. The average Bonchev–Trinajstić information content (AvgIpc) is 2.93. The highest BCUT2D eigenvalue weighted by atomic mass is 16.4. The predicted molar refractivity (Wildman–Crippen MR) is 64.8 cm³/mol. The molecule has 17 heavy (non-hydrogen) atoms. The van der Waals surface area contributed by atoms with Gasteiger partial charge in [0.15, 0.2) is 0 Å². The highest BCUT2D eigenvalue weighted by molar-refractivity contribution is 5.76. The number of carbonyl (C=O) groups is 2. The fourth-order valence-electron chi connectivity index (χ4n) is 1.67. The number of carboxylic acids is 1. The lowest BCUT2D eigenvalue weighted by Crippen LogP contribution is -2.41. The largest absolute Gasteiger partial charge is 0.481 e. The quantitative estimate of drug-likeness (QED) is 0.685. The zero-order valence-corrected chi connectivity index (χ0v) is 10.7. The monoisotopic (exact) mass is 242 g/mol. The van der Waals surface area contributed by atoms with Crippen LogP contribution in [0.5, 0.6) is 0 Å². The smallest absolute Gasteiger partial charge is 0.315 e. The van der Waals surface area contributed by atoms with E-state index in [-0.39, 0.29) is 18.0 Å². The van der Waals surface area contributed by atoms with Gasteiger partial charge in [0.1, 0.15) is 0 Å². The summed E-state index contributed by atoms with van der Waals surface area (Å²) in [4.78, 5) is 22.4. The van der Waals surface area contributed by atoms with E-state index in [1.807, 2.05) is 20.8 Å². The minimum absolute atomic E-state index is 0.0578. The van der Waals surface area contributed by atoms with Gasteiger partial charge in [-0.05, 0) is 24.7 Å². The molecule has 2 amide bonds. The number of amides is 2. The maximum atomic E-state index is 11.4. The Balaban J connectivity index is 2.32. The topological polar surface area (TPSA) is 78.4 Å². The molecule has 0 bridgehead atoms. The molecule has 3 N–H and O–H groups in total. The zero-order chi connectivity index (χ0) is 13.1. The van der Waals surface area contributed by atoms with E-state index >= 15 is 0 Å². The first-order valence-corrected chi connectivity index (χ1v) is 6.05. The Labute approximate surface area is 102 Å². The van der Waals surface area contributed by atoms with Gasteiger partial charge in [-0.3, -0.25) is 4.79 Å². The van der Waals surface area contributed by atoms with Gasteiger partial charge in [-0.1, -0.05) is 20.8 Å². The van der Waals surface area contributed by atoms with E-state index in [9.17, 15) is 9.59 Å². The first kappa shape index (κ1) is 13.8. The summed E-state index contributed by atoms with van der Waals surface area (Å²) < 4.78 is 0.